The maximum Gasteiger partial charge on any atom is 0.329 e. The summed E-state index contributed by atoms with van der Waals surface area (Å²) in [6, 6.07) is 6.90. The van der Waals surface area contributed by atoms with E-state index < -0.39 is 0 Å². The largest absolute Gasteiger partial charge is 0.489 e. The van der Waals surface area contributed by atoms with Crippen molar-refractivity contribution in [3.8, 4) is 11.8 Å². The van der Waals surface area contributed by atoms with E-state index in [0.29, 0.717) is 45.6 Å². The fourth-order valence-corrected chi connectivity index (χ4v) is 4.09. The molecular weight excluding hydrogens is 487 g/mol. The van der Waals surface area contributed by atoms with Gasteiger partial charge in [0, 0.05) is 29.5 Å². The Kier molecular flexibility index (Phi) is 9.07. The highest BCUT2D eigenvalue weighted by Crippen LogP contribution is 2.41. The van der Waals surface area contributed by atoms with E-state index in [4.69, 9.17) is 49.2 Å². The van der Waals surface area contributed by atoms with Gasteiger partial charge in [-0.25, -0.2) is 9.78 Å². The standard InChI is InChI=1S/C15H16Cl3N3O2.C8H7NO/c1-2-4-20(15(22)21-5-3-19-10-21)6-7-23-14-12(17)8-11(16)9-13(14)18;9-5-8-7(3-4-10-8)6-1-2-6/h3,5,8-10H,2,4,6-7H2,1H3;3-4,6H,1-2H2. The second-order valence-corrected chi connectivity index (χ2v) is 8.63. The van der Waals surface area contributed by atoms with Crippen LogP contribution in [-0.2, 0) is 0 Å². The first-order valence-corrected chi connectivity index (χ1v) is 11.6. The number of hydrogen-bond acceptors (Lipinski definition) is 5. The molecule has 0 aliphatic heterocycles. The summed E-state index contributed by atoms with van der Waals surface area (Å²) >= 11 is 18.0. The Hall–Kier alpha value is -2.66. The SMILES string of the molecule is CCCN(CCOc1c(Cl)cc(Cl)cc1Cl)C(=O)n1ccnc1.N#Cc1occc1C1CC1. The van der Waals surface area contributed by atoms with Crippen LogP contribution in [0.5, 0.6) is 5.75 Å². The Morgan fingerprint density at radius 1 is 1.30 bits per heavy atom. The van der Waals surface area contributed by atoms with Crippen molar-refractivity contribution in [3.05, 3.63) is 69.6 Å². The van der Waals surface area contributed by atoms with Crippen molar-refractivity contribution >= 4 is 40.8 Å². The molecule has 1 amide bonds. The van der Waals surface area contributed by atoms with E-state index in [0.717, 1.165) is 12.0 Å². The topological polar surface area (TPSA) is 84.3 Å². The maximum absolute atomic E-state index is 12.3. The molecule has 0 saturated heterocycles. The average Bonchev–Trinajstić information content (AvgIpc) is 3.27. The van der Waals surface area contributed by atoms with Gasteiger partial charge in [0.05, 0.1) is 22.9 Å². The van der Waals surface area contributed by atoms with Crippen LogP contribution in [0.25, 0.3) is 0 Å². The van der Waals surface area contributed by atoms with Crippen LogP contribution in [0.1, 0.15) is 43.4 Å². The third-order valence-corrected chi connectivity index (χ3v) is 5.65. The molecule has 3 aromatic rings. The third-order valence-electron chi connectivity index (χ3n) is 4.87. The molecule has 0 spiro atoms. The van der Waals surface area contributed by atoms with Crippen molar-refractivity contribution in [1.29, 1.82) is 5.26 Å². The molecule has 2 aromatic heterocycles. The fraction of sp³-hybridized carbons (Fsp3) is 0.348. The second-order valence-electron chi connectivity index (χ2n) is 7.38. The Bertz CT molecular complexity index is 1080. The quantitative estimate of drug-likeness (QED) is 0.357. The highest BCUT2D eigenvalue weighted by Gasteiger charge is 2.27. The highest BCUT2D eigenvalue weighted by atomic mass is 35.5. The van der Waals surface area contributed by atoms with E-state index in [2.05, 4.69) is 4.98 Å². The minimum atomic E-state index is -0.152. The molecule has 1 fully saturated rings. The lowest BCUT2D eigenvalue weighted by Crippen LogP contribution is -2.37. The molecule has 2 heterocycles. The van der Waals surface area contributed by atoms with Gasteiger partial charge in [0.25, 0.3) is 0 Å². The van der Waals surface area contributed by atoms with Gasteiger partial charge in [0.1, 0.15) is 19.0 Å². The second kappa shape index (κ2) is 12.0. The molecule has 0 N–H and O–H groups in total. The molecule has 0 bridgehead atoms. The molecule has 1 aliphatic carbocycles. The molecule has 1 aromatic carbocycles. The van der Waals surface area contributed by atoms with Crippen molar-refractivity contribution in [2.24, 2.45) is 0 Å². The number of furan rings is 1. The molecule has 4 rings (SSSR count). The number of nitriles is 1. The van der Waals surface area contributed by atoms with Crippen LogP contribution < -0.4 is 4.74 Å². The van der Waals surface area contributed by atoms with Crippen LogP contribution in [0, 0.1) is 11.3 Å². The molecule has 0 unspecified atom stereocenters. The van der Waals surface area contributed by atoms with E-state index in [1.54, 1.807) is 35.7 Å². The summed E-state index contributed by atoms with van der Waals surface area (Å²) in [5.41, 5.74) is 1.10. The van der Waals surface area contributed by atoms with Gasteiger partial charge in [0.15, 0.2) is 5.75 Å². The summed E-state index contributed by atoms with van der Waals surface area (Å²) < 4.78 is 12.0. The number of ether oxygens (including phenoxy) is 1. The average molecular weight is 510 g/mol. The number of benzene rings is 1. The number of carbonyl (C=O) groups excluding carboxylic acids is 1. The molecule has 0 atom stereocenters. The first-order chi connectivity index (χ1) is 15.9. The summed E-state index contributed by atoms with van der Waals surface area (Å²) in [6.45, 7) is 3.28. The fourth-order valence-electron chi connectivity index (χ4n) is 3.16. The van der Waals surface area contributed by atoms with E-state index >= 15 is 0 Å². The monoisotopic (exact) mass is 508 g/mol. The molecule has 10 heteroatoms. The van der Waals surface area contributed by atoms with Gasteiger partial charge in [0.2, 0.25) is 5.76 Å². The molecule has 7 nitrogen and oxygen atoms in total. The van der Waals surface area contributed by atoms with Gasteiger partial charge in [-0.2, -0.15) is 5.26 Å². The van der Waals surface area contributed by atoms with Crippen LogP contribution in [0.2, 0.25) is 15.1 Å². The molecule has 1 saturated carbocycles. The number of hydrogen-bond donors (Lipinski definition) is 0. The number of aromatic nitrogens is 2. The van der Waals surface area contributed by atoms with Crippen molar-refractivity contribution in [2.45, 2.75) is 32.1 Å². The van der Waals surface area contributed by atoms with Gasteiger partial charge in [-0.05, 0) is 43.4 Å². The number of amides is 1. The van der Waals surface area contributed by atoms with Gasteiger partial charge < -0.3 is 14.1 Å². The van der Waals surface area contributed by atoms with E-state index in [1.807, 2.05) is 19.1 Å². The first-order valence-electron chi connectivity index (χ1n) is 10.5. The summed E-state index contributed by atoms with van der Waals surface area (Å²) in [5.74, 6) is 1.49. The zero-order valence-electron chi connectivity index (χ0n) is 18.0. The van der Waals surface area contributed by atoms with E-state index in [1.165, 1.54) is 23.7 Å². The zero-order chi connectivity index (χ0) is 23.8. The zero-order valence-corrected chi connectivity index (χ0v) is 20.3. The van der Waals surface area contributed by atoms with Gasteiger partial charge >= 0.3 is 6.03 Å². The lowest BCUT2D eigenvalue weighted by Gasteiger charge is -2.22. The van der Waals surface area contributed by atoms with Gasteiger partial charge in [-0.1, -0.05) is 41.7 Å². The summed E-state index contributed by atoms with van der Waals surface area (Å²) in [7, 11) is 0. The number of halogens is 3. The predicted molar refractivity (Wildman–Crippen MR) is 127 cm³/mol. The van der Waals surface area contributed by atoms with Gasteiger partial charge in [-0.15, -0.1) is 0 Å². The lowest BCUT2D eigenvalue weighted by molar-refractivity contribution is 0.184. The molecule has 33 heavy (non-hydrogen) atoms. The summed E-state index contributed by atoms with van der Waals surface area (Å²) in [6.07, 6.45) is 9.50. The molecular formula is C23H23Cl3N4O3. The van der Waals surface area contributed by atoms with Crippen molar-refractivity contribution in [1.82, 2.24) is 14.5 Å². The van der Waals surface area contributed by atoms with E-state index in [9.17, 15) is 4.79 Å². The van der Waals surface area contributed by atoms with Crippen LogP contribution in [0.4, 0.5) is 4.79 Å². The number of carbonyl (C=O) groups is 1. The molecule has 174 valence electrons. The first kappa shape index (κ1) is 25.0. The Balaban J connectivity index is 0.000000252. The van der Waals surface area contributed by atoms with Crippen molar-refractivity contribution in [2.75, 3.05) is 19.7 Å². The smallest absolute Gasteiger partial charge is 0.329 e. The van der Waals surface area contributed by atoms with Crippen LogP contribution in [0.3, 0.4) is 0 Å². The van der Waals surface area contributed by atoms with E-state index in [-0.39, 0.29) is 12.6 Å². The Morgan fingerprint density at radius 3 is 2.61 bits per heavy atom. The lowest BCUT2D eigenvalue weighted by atomic mass is 10.2. The number of imidazole rings is 1. The Labute approximate surface area is 207 Å². The highest BCUT2D eigenvalue weighted by molar-refractivity contribution is 6.40. The number of rotatable bonds is 7. The van der Waals surface area contributed by atoms with Crippen LogP contribution in [0.15, 0.2) is 47.6 Å². The minimum Gasteiger partial charge on any atom is -0.489 e. The third kappa shape index (κ3) is 6.91. The molecule has 1 aliphatic rings. The maximum atomic E-state index is 12.3. The van der Waals surface area contributed by atoms with Crippen LogP contribution in [-0.4, -0.2) is 40.2 Å². The predicted octanol–water partition coefficient (Wildman–Crippen LogP) is 6.63. The minimum absolute atomic E-state index is 0.152. The Morgan fingerprint density at radius 2 is 2.03 bits per heavy atom. The summed E-state index contributed by atoms with van der Waals surface area (Å²) in [4.78, 5) is 17.9. The summed E-state index contributed by atoms with van der Waals surface area (Å²) in [5, 5.41) is 9.66. The van der Waals surface area contributed by atoms with Gasteiger partial charge in [-0.3, -0.25) is 4.57 Å². The van der Waals surface area contributed by atoms with Crippen molar-refractivity contribution in [3.63, 3.8) is 0 Å². The normalized spacial score (nSPS) is 12.5. The van der Waals surface area contributed by atoms with Crippen molar-refractivity contribution < 1.29 is 13.9 Å². The van der Waals surface area contributed by atoms with Crippen LogP contribution >= 0.6 is 34.8 Å². The molecule has 0 radical (unpaired) electrons. The number of nitrogens with zero attached hydrogens (tertiary/aromatic N) is 4.